The molecule has 0 radical (unpaired) electrons. The Labute approximate surface area is 134 Å². The van der Waals surface area contributed by atoms with Crippen LogP contribution in [0.25, 0.3) is 0 Å². The number of amides is 1. The van der Waals surface area contributed by atoms with Crippen molar-refractivity contribution >= 4 is 17.7 Å². The van der Waals surface area contributed by atoms with E-state index >= 15 is 0 Å². The van der Waals surface area contributed by atoms with Crippen molar-refractivity contribution in [1.82, 2.24) is 14.9 Å². The Bertz CT molecular complexity index is 610. The van der Waals surface area contributed by atoms with Gasteiger partial charge >= 0.3 is 0 Å². The fourth-order valence-electron chi connectivity index (χ4n) is 2.31. The lowest BCUT2D eigenvalue weighted by Gasteiger charge is -2.12. The number of hydrogen-bond acceptors (Lipinski definition) is 4. The van der Waals surface area contributed by atoms with Crippen molar-refractivity contribution in [3.63, 3.8) is 0 Å². The molecule has 1 aliphatic heterocycles. The molecule has 2 aromatic rings. The van der Waals surface area contributed by atoms with E-state index in [1.165, 1.54) is 0 Å². The van der Waals surface area contributed by atoms with Crippen molar-refractivity contribution in [3.8, 4) is 5.88 Å². The Morgan fingerprint density at radius 3 is 3.09 bits per heavy atom. The molecule has 3 heterocycles. The molecule has 1 aliphatic rings. The van der Waals surface area contributed by atoms with Gasteiger partial charge in [-0.1, -0.05) is 0 Å². The predicted octanol–water partition coefficient (Wildman–Crippen LogP) is 2.20. The van der Waals surface area contributed by atoms with Crippen molar-refractivity contribution < 1.29 is 9.53 Å². The zero-order chi connectivity index (χ0) is 15.2. The number of ether oxygens (including phenoxy) is 1. The highest BCUT2D eigenvalue weighted by Crippen LogP contribution is 2.22. The molecule has 1 unspecified atom stereocenters. The number of aromatic nitrogens is 2. The lowest BCUT2D eigenvalue weighted by molar-refractivity contribution is 0.0951. The standard InChI is InChI=1S/C16H19N3O2S/c20-16(18-6-9-19-7-1-2-8-19)13-3-5-17-15(11-13)21-14-4-10-22-12-14/h1-3,5,7-8,11,14H,4,6,9-10,12H2,(H,18,20). The summed E-state index contributed by atoms with van der Waals surface area (Å²) in [6.45, 7) is 1.35. The lowest BCUT2D eigenvalue weighted by Crippen LogP contribution is -2.27. The van der Waals surface area contributed by atoms with E-state index in [1.807, 2.05) is 40.9 Å². The summed E-state index contributed by atoms with van der Waals surface area (Å²) in [5.41, 5.74) is 0.586. The van der Waals surface area contributed by atoms with Crippen molar-refractivity contribution in [1.29, 1.82) is 0 Å². The van der Waals surface area contributed by atoms with Gasteiger partial charge in [-0.2, -0.15) is 11.8 Å². The Hall–Kier alpha value is -1.95. The second-order valence-electron chi connectivity index (χ2n) is 5.16. The van der Waals surface area contributed by atoms with Gasteiger partial charge in [-0.3, -0.25) is 4.79 Å². The van der Waals surface area contributed by atoms with Crippen LogP contribution in [0.3, 0.4) is 0 Å². The monoisotopic (exact) mass is 317 g/mol. The molecule has 0 aliphatic carbocycles. The molecule has 0 saturated carbocycles. The molecular weight excluding hydrogens is 298 g/mol. The zero-order valence-electron chi connectivity index (χ0n) is 12.3. The fourth-order valence-corrected chi connectivity index (χ4v) is 3.41. The van der Waals surface area contributed by atoms with Crippen LogP contribution in [0.5, 0.6) is 5.88 Å². The van der Waals surface area contributed by atoms with E-state index in [-0.39, 0.29) is 12.0 Å². The molecule has 5 nitrogen and oxygen atoms in total. The summed E-state index contributed by atoms with van der Waals surface area (Å²) in [7, 11) is 0. The molecule has 1 fully saturated rings. The first kappa shape index (κ1) is 15.0. The van der Waals surface area contributed by atoms with Crippen LogP contribution in [0.4, 0.5) is 0 Å². The summed E-state index contributed by atoms with van der Waals surface area (Å²) in [5, 5.41) is 2.91. The van der Waals surface area contributed by atoms with Gasteiger partial charge in [0.05, 0.1) is 0 Å². The molecule has 116 valence electrons. The maximum atomic E-state index is 12.2. The zero-order valence-corrected chi connectivity index (χ0v) is 13.1. The van der Waals surface area contributed by atoms with Gasteiger partial charge in [0.1, 0.15) is 6.10 Å². The van der Waals surface area contributed by atoms with Crippen LogP contribution >= 0.6 is 11.8 Å². The predicted molar refractivity (Wildman–Crippen MR) is 87.4 cm³/mol. The largest absolute Gasteiger partial charge is 0.473 e. The van der Waals surface area contributed by atoms with E-state index in [2.05, 4.69) is 10.3 Å². The van der Waals surface area contributed by atoms with Crippen LogP contribution in [-0.2, 0) is 6.54 Å². The summed E-state index contributed by atoms with van der Waals surface area (Å²) < 4.78 is 7.84. The second-order valence-corrected chi connectivity index (χ2v) is 6.31. The smallest absolute Gasteiger partial charge is 0.251 e. The summed E-state index contributed by atoms with van der Waals surface area (Å²) in [5.74, 6) is 2.56. The number of carbonyl (C=O) groups excluding carboxylic acids is 1. The highest BCUT2D eigenvalue weighted by atomic mass is 32.2. The van der Waals surface area contributed by atoms with Gasteiger partial charge in [0.15, 0.2) is 0 Å². The van der Waals surface area contributed by atoms with Gasteiger partial charge in [-0.05, 0) is 30.4 Å². The van der Waals surface area contributed by atoms with Gasteiger partial charge in [0.2, 0.25) is 5.88 Å². The van der Waals surface area contributed by atoms with Crippen molar-refractivity contribution in [2.24, 2.45) is 0 Å². The van der Waals surface area contributed by atoms with Crippen molar-refractivity contribution in [2.45, 2.75) is 19.1 Å². The molecule has 22 heavy (non-hydrogen) atoms. The molecule has 1 atom stereocenters. The summed E-state index contributed by atoms with van der Waals surface area (Å²) >= 11 is 1.89. The number of nitrogens with zero attached hydrogens (tertiary/aromatic N) is 2. The van der Waals surface area contributed by atoms with Crippen LogP contribution < -0.4 is 10.1 Å². The average Bonchev–Trinajstić information content (AvgIpc) is 3.21. The van der Waals surface area contributed by atoms with Gasteiger partial charge in [-0.25, -0.2) is 4.98 Å². The number of pyridine rings is 1. The van der Waals surface area contributed by atoms with Crippen LogP contribution in [-0.4, -0.2) is 39.6 Å². The molecule has 2 aromatic heterocycles. The maximum Gasteiger partial charge on any atom is 0.251 e. The minimum Gasteiger partial charge on any atom is -0.473 e. The third kappa shape index (κ3) is 4.04. The average molecular weight is 317 g/mol. The number of rotatable bonds is 6. The number of thioether (sulfide) groups is 1. The second kappa shape index (κ2) is 7.35. The normalized spacial score (nSPS) is 17.4. The first-order valence-electron chi connectivity index (χ1n) is 7.41. The molecule has 0 bridgehead atoms. The van der Waals surface area contributed by atoms with Crippen molar-refractivity contribution in [2.75, 3.05) is 18.1 Å². The number of nitrogens with one attached hydrogen (secondary N) is 1. The van der Waals surface area contributed by atoms with Gasteiger partial charge < -0.3 is 14.6 Å². The SMILES string of the molecule is O=C(NCCn1cccc1)c1ccnc(OC2CCSC2)c1. The van der Waals surface area contributed by atoms with E-state index in [0.717, 1.165) is 24.5 Å². The minimum atomic E-state index is -0.0970. The molecule has 0 aromatic carbocycles. The van der Waals surface area contributed by atoms with Crippen LogP contribution in [0.15, 0.2) is 42.9 Å². The van der Waals surface area contributed by atoms with E-state index in [4.69, 9.17) is 4.74 Å². The first-order valence-corrected chi connectivity index (χ1v) is 8.56. The molecule has 6 heteroatoms. The molecule has 3 rings (SSSR count). The molecule has 1 amide bonds. The van der Waals surface area contributed by atoms with E-state index in [1.54, 1.807) is 18.3 Å². The fraction of sp³-hybridized carbons (Fsp3) is 0.375. The quantitative estimate of drug-likeness (QED) is 0.887. The van der Waals surface area contributed by atoms with Gasteiger partial charge in [-0.15, -0.1) is 0 Å². The third-order valence-electron chi connectivity index (χ3n) is 3.49. The van der Waals surface area contributed by atoms with Gasteiger partial charge in [0, 0.05) is 49.1 Å². The van der Waals surface area contributed by atoms with E-state index in [9.17, 15) is 4.79 Å². The minimum absolute atomic E-state index is 0.0970. The topological polar surface area (TPSA) is 56.2 Å². The Kier molecular flexibility index (Phi) is 5.00. The number of hydrogen-bond donors (Lipinski definition) is 1. The molecular formula is C16H19N3O2S. The van der Waals surface area contributed by atoms with Crippen molar-refractivity contribution in [3.05, 3.63) is 48.4 Å². The highest BCUT2D eigenvalue weighted by Gasteiger charge is 2.18. The Morgan fingerprint density at radius 1 is 1.45 bits per heavy atom. The third-order valence-corrected chi connectivity index (χ3v) is 4.63. The molecule has 1 saturated heterocycles. The maximum absolute atomic E-state index is 12.2. The summed E-state index contributed by atoms with van der Waals surface area (Å²) in [6, 6.07) is 7.36. The molecule has 1 N–H and O–H groups in total. The summed E-state index contributed by atoms with van der Waals surface area (Å²) in [4.78, 5) is 16.3. The Morgan fingerprint density at radius 2 is 2.32 bits per heavy atom. The summed E-state index contributed by atoms with van der Waals surface area (Å²) in [6.07, 6.45) is 6.83. The first-order chi connectivity index (χ1) is 10.8. The van der Waals surface area contributed by atoms with E-state index in [0.29, 0.717) is 18.0 Å². The van der Waals surface area contributed by atoms with Crippen LogP contribution in [0.2, 0.25) is 0 Å². The molecule has 0 spiro atoms. The Balaban J connectivity index is 1.52. The van der Waals surface area contributed by atoms with E-state index < -0.39 is 0 Å². The van der Waals surface area contributed by atoms with Gasteiger partial charge in [0.25, 0.3) is 5.91 Å². The van der Waals surface area contributed by atoms with Crippen LogP contribution in [0.1, 0.15) is 16.8 Å². The van der Waals surface area contributed by atoms with Crippen LogP contribution in [0, 0.1) is 0 Å². The lowest BCUT2D eigenvalue weighted by atomic mass is 10.2. The highest BCUT2D eigenvalue weighted by molar-refractivity contribution is 7.99. The number of carbonyl (C=O) groups is 1.